The van der Waals surface area contributed by atoms with Crippen LogP contribution in [0.25, 0.3) is 11.3 Å². The molecule has 0 radical (unpaired) electrons. The van der Waals surface area contributed by atoms with Gasteiger partial charge < -0.3 is 19.5 Å². The third kappa shape index (κ3) is 5.96. The third-order valence-corrected chi connectivity index (χ3v) is 9.60. The molecule has 1 saturated carbocycles. The van der Waals surface area contributed by atoms with Crippen molar-refractivity contribution in [3.8, 4) is 23.1 Å². The number of nitrogens with zero attached hydrogens (tertiary/aromatic N) is 4. The van der Waals surface area contributed by atoms with Crippen LogP contribution >= 0.6 is 11.3 Å². The number of hydrogen-bond acceptors (Lipinski definition) is 8. The van der Waals surface area contributed by atoms with Crippen molar-refractivity contribution in [3.05, 3.63) is 64.0 Å². The van der Waals surface area contributed by atoms with Crippen molar-refractivity contribution in [2.24, 2.45) is 17.8 Å². The van der Waals surface area contributed by atoms with Gasteiger partial charge in [0.15, 0.2) is 5.13 Å². The summed E-state index contributed by atoms with van der Waals surface area (Å²) in [6, 6.07) is 14.5. The molecule has 3 aliphatic rings. The van der Waals surface area contributed by atoms with Crippen LogP contribution in [0.3, 0.4) is 0 Å². The summed E-state index contributed by atoms with van der Waals surface area (Å²) in [5, 5.41) is 22.6. The van der Waals surface area contributed by atoms with E-state index in [0.29, 0.717) is 5.56 Å². The molecule has 2 unspecified atom stereocenters. The van der Waals surface area contributed by atoms with E-state index in [1.165, 1.54) is 0 Å². The Labute approximate surface area is 245 Å². The number of hydrogen-bond donors (Lipinski definition) is 1. The van der Waals surface area contributed by atoms with Gasteiger partial charge in [0.05, 0.1) is 36.0 Å². The number of benzene rings is 2. The lowest BCUT2D eigenvalue weighted by atomic mass is 9.85. The van der Waals surface area contributed by atoms with E-state index >= 15 is 0 Å². The molecular formula is C32H36N4O4S. The molecule has 1 aromatic heterocycles. The molecule has 2 aromatic carbocycles. The first-order valence-corrected chi connectivity index (χ1v) is 15.3. The highest BCUT2D eigenvalue weighted by Crippen LogP contribution is 2.44. The van der Waals surface area contributed by atoms with E-state index in [0.717, 1.165) is 91.0 Å². The molecule has 3 aromatic rings. The van der Waals surface area contributed by atoms with E-state index in [4.69, 9.17) is 14.5 Å². The molecule has 214 valence electrons. The number of aryl methyl sites for hydroxylation is 1. The minimum absolute atomic E-state index is 0.189. The number of carbonyl (C=O) groups is 1. The number of rotatable bonds is 8. The molecule has 1 N–H and O–H groups in total. The second kappa shape index (κ2) is 11.8. The average Bonchev–Trinajstić information content (AvgIpc) is 3.55. The smallest absolute Gasteiger partial charge is 0.307 e. The fourth-order valence-electron chi connectivity index (χ4n) is 6.68. The summed E-state index contributed by atoms with van der Waals surface area (Å²) in [5.41, 5.74) is 5.49. The van der Waals surface area contributed by atoms with E-state index in [-0.39, 0.29) is 30.5 Å². The molecule has 3 fully saturated rings. The van der Waals surface area contributed by atoms with Crippen LogP contribution in [-0.2, 0) is 22.7 Å². The number of thiazole rings is 1. The van der Waals surface area contributed by atoms with E-state index in [1.54, 1.807) is 11.3 Å². The Hall–Kier alpha value is -3.45. The maximum absolute atomic E-state index is 11.8. The number of aliphatic carboxylic acids is 1. The van der Waals surface area contributed by atoms with Crippen LogP contribution in [0.5, 0.6) is 5.75 Å². The average molecular weight is 573 g/mol. The normalized spacial score (nSPS) is 24.3. The molecule has 0 amide bonds. The lowest BCUT2D eigenvalue weighted by molar-refractivity contribution is -0.144. The molecule has 4 atom stereocenters. The second-order valence-corrected chi connectivity index (χ2v) is 12.5. The number of carboxylic acid groups (broad SMARTS) is 1. The number of morpholine rings is 1. The standard InChI is InChI=1S/C32H36N4O4S/c1-20-3-8-29(40-18-25-5-4-22(12-26(25)13-33)15-35-9-10-39-21(2)14-35)27(11-20)28-19-41-32(34-28)36-16-23-6-7-24(17-36)30(23)31(37)38/h3-5,8,11-12,19,21,23-24,30H,6-7,9-10,14-18H2,1-2H3,(H,37,38)/t21?,23-,24+,30?. The van der Waals surface area contributed by atoms with Crippen molar-refractivity contribution in [3.63, 3.8) is 0 Å². The van der Waals surface area contributed by atoms with Gasteiger partial charge in [-0.05, 0) is 62.3 Å². The number of piperidine rings is 1. The van der Waals surface area contributed by atoms with Crippen molar-refractivity contribution >= 4 is 22.4 Å². The predicted octanol–water partition coefficient (Wildman–Crippen LogP) is 5.34. The first-order valence-electron chi connectivity index (χ1n) is 14.4. The summed E-state index contributed by atoms with van der Waals surface area (Å²) in [7, 11) is 0. The van der Waals surface area contributed by atoms with E-state index in [9.17, 15) is 15.2 Å². The van der Waals surface area contributed by atoms with Crippen molar-refractivity contribution in [2.75, 3.05) is 37.7 Å². The fourth-order valence-corrected chi connectivity index (χ4v) is 7.53. The Bertz CT molecular complexity index is 1450. The van der Waals surface area contributed by atoms with Crippen LogP contribution in [0.2, 0.25) is 0 Å². The van der Waals surface area contributed by atoms with E-state index in [2.05, 4.69) is 47.2 Å². The first-order chi connectivity index (χ1) is 19.9. The summed E-state index contributed by atoms with van der Waals surface area (Å²) >= 11 is 1.60. The number of ether oxygens (including phenoxy) is 2. The number of nitriles is 1. The van der Waals surface area contributed by atoms with Crippen molar-refractivity contribution < 1.29 is 19.4 Å². The molecule has 3 heterocycles. The molecule has 2 saturated heterocycles. The number of carboxylic acids is 1. The zero-order valence-electron chi connectivity index (χ0n) is 23.6. The van der Waals surface area contributed by atoms with Crippen LogP contribution in [0.1, 0.15) is 42.0 Å². The highest BCUT2D eigenvalue weighted by Gasteiger charge is 2.46. The Morgan fingerprint density at radius 1 is 1.20 bits per heavy atom. The van der Waals surface area contributed by atoms with Crippen molar-refractivity contribution in [1.82, 2.24) is 9.88 Å². The number of aromatic nitrogens is 1. The van der Waals surface area contributed by atoms with Gasteiger partial charge in [-0.1, -0.05) is 23.8 Å². The van der Waals surface area contributed by atoms with Crippen LogP contribution in [0, 0.1) is 36.0 Å². The molecule has 2 aliphatic heterocycles. The molecule has 8 nitrogen and oxygen atoms in total. The van der Waals surface area contributed by atoms with Gasteiger partial charge in [-0.3, -0.25) is 9.69 Å². The predicted molar refractivity (Wildman–Crippen MR) is 158 cm³/mol. The molecule has 9 heteroatoms. The van der Waals surface area contributed by atoms with Gasteiger partial charge in [-0.15, -0.1) is 11.3 Å². The summed E-state index contributed by atoms with van der Waals surface area (Å²) in [6.45, 7) is 9.25. The third-order valence-electron chi connectivity index (χ3n) is 8.70. The monoisotopic (exact) mass is 572 g/mol. The van der Waals surface area contributed by atoms with Gasteiger partial charge in [-0.25, -0.2) is 4.98 Å². The lowest BCUT2D eigenvalue weighted by Crippen LogP contribution is -2.44. The zero-order chi connectivity index (χ0) is 28.5. The van der Waals surface area contributed by atoms with Gasteiger partial charge in [-0.2, -0.15) is 5.26 Å². The van der Waals surface area contributed by atoms with Crippen LogP contribution in [0.4, 0.5) is 5.13 Å². The zero-order valence-corrected chi connectivity index (χ0v) is 24.4. The Morgan fingerprint density at radius 2 is 2.00 bits per heavy atom. The first kappa shape index (κ1) is 27.7. The molecule has 0 spiro atoms. The maximum Gasteiger partial charge on any atom is 0.307 e. The highest BCUT2D eigenvalue weighted by molar-refractivity contribution is 7.14. The van der Waals surface area contributed by atoms with Gasteiger partial charge in [0, 0.05) is 49.2 Å². The molecule has 2 bridgehead atoms. The molecular weight excluding hydrogens is 536 g/mol. The minimum Gasteiger partial charge on any atom is -0.488 e. The SMILES string of the molecule is Cc1ccc(OCc2ccc(CN3CCOC(C)C3)cc2C#N)c(-c2csc(N3C[C@H]4CC[C@@H](C3)C4C(=O)O)n2)c1. The largest absolute Gasteiger partial charge is 0.488 e. The van der Waals surface area contributed by atoms with Crippen LogP contribution in [-0.4, -0.2) is 59.8 Å². The van der Waals surface area contributed by atoms with Gasteiger partial charge >= 0.3 is 5.97 Å². The van der Waals surface area contributed by atoms with Crippen LogP contribution < -0.4 is 9.64 Å². The minimum atomic E-state index is -0.653. The summed E-state index contributed by atoms with van der Waals surface area (Å²) in [5.74, 6) is 0.231. The Kier molecular flexibility index (Phi) is 7.98. The summed E-state index contributed by atoms with van der Waals surface area (Å²) in [6.07, 6.45) is 2.18. The van der Waals surface area contributed by atoms with Gasteiger partial charge in [0.2, 0.25) is 0 Å². The van der Waals surface area contributed by atoms with Gasteiger partial charge in [0.25, 0.3) is 0 Å². The molecule has 1 aliphatic carbocycles. The Balaban J connectivity index is 1.16. The number of anilines is 1. The summed E-state index contributed by atoms with van der Waals surface area (Å²) < 4.78 is 12.0. The maximum atomic E-state index is 11.8. The lowest BCUT2D eigenvalue weighted by Gasteiger charge is -2.35. The highest BCUT2D eigenvalue weighted by atomic mass is 32.1. The van der Waals surface area contributed by atoms with Crippen molar-refractivity contribution in [2.45, 2.75) is 45.9 Å². The fraction of sp³-hybridized carbons (Fsp3) is 0.469. The Morgan fingerprint density at radius 3 is 2.73 bits per heavy atom. The molecule has 6 rings (SSSR count). The van der Waals surface area contributed by atoms with Crippen LogP contribution in [0.15, 0.2) is 41.8 Å². The quantitative estimate of drug-likeness (QED) is 0.386. The van der Waals surface area contributed by atoms with Gasteiger partial charge in [0.1, 0.15) is 12.4 Å². The van der Waals surface area contributed by atoms with Crippen molar-refractivity contribution in [1.29, 1.82) is 5.26 Å². The second-order valence-electron chi connectivity index (χ2n) is 11.7. The topological polar surface area (TPSA) is 98.9 Å². The van der Waals surface area contributed by atoms with E-state index in [1.807, 2.05) is 24.3 Å². The number of fused-ring (bicyclic) bond motifs is 2. The molecule has 41 heavy (non-hydrogen) atoms. The summed E-state index contributed by atoms with van der Waals surface area (Å²) in [4.78, 5) is 21.4. The van der Waals surface area contributed by atoms with E-state index < -0.39 is 5.97 Å².